The fraction of sp³-hybridized carbons (Fsp3) is 0.115. The summed E-state index contributed by atoms with van der Waals surface area (Å²) < 4.78 is 65.9. The molecule has 0 atom stereocenters. The molecule has 0 saturated heterocycles. The number of benzene rings is 2. The zero-order chi connectivity index (χ0) is 26.8. The van der Waals surface area contributed by atoms with Crippen LogP contribution in [0.25, 0.3) is 5.69 Å². The predicted octanol–water partition coefficient (Wildman–Crippen LogP) is 4.32. The number of alkyl halides is 3. The second-order valence-electron chi connectivity index (χ2n) is 8.09. The Morgan fingerprint density at radius 3 is 2.24 bits per heavy atom. The Morgan fingerprint density at radius 2 is 1.59 bits per heavy atom. The lowest BCUT2D eigenvalue weighted by molar-refractivity contribution is -0.137. The van der Waals surface area contributed by atoms with Crippen molar-refractivity contribution in [2.75, 3.05) is 0 Å². The third-order valence-corrected chi connectivity index (χ3v) is 7.39. The first-order valence-corrected chi connectivity index (χ1v) is 12.4. The lowest BCUT2D eigenvalue weighted by atomic mass is 10.1. The highest BCUT2D eigenvalue weighted by Gasteiger charge is 2.30. The van der Waals surface area contributed by atoms with Crippen molar-refractivity contribution in [2.45, 2.75) is 29.4 Å². The number of carbonyl (C=O) groups excluding carboxylic acids is 1. The minimum atomic E-state index is -4.59. The van der Waals surface area contributed by atoms with Crippen LogP contribution >= 0.6 is 0 Å². The number of hydrogen-bond donors (Lipinski definition) is 1. The van der Waals surface area contributed by atoms with E-state index in [0.717, 1.165) is 16.7 Å². The summed E-state index contributed by atoms with van der Waals surface area (Å²) in [5.41, 5.74) is -1.02. The molecule has 0 aliphatic carbocycles. The van der Waals surface area contributed by atoms with Gasteiger partial charge in [0.2, 0.25) is 9.84 Å². The van der Waals surface area contributed by atoms with Crippen LogP contribution in [0.5, 0.6) is 0 Å². The van der Waals surface area contributed by atoms with E-state index in [1.807, 2.05) is 0 Å². The first kappa shape index (κ1) is 25.8. The number of sulfone groups is 1. The molecule has 0 unspecified atom stereocenters. The lowest BCUT2D eigenvalue weighted by Gasteiger charge is -2.14. The van der Waals surface area contributed by atoms with E-state index >= 15 is 0 Å². The fourth-order valence-electron chi connectivity index (χ4n) is 3.66. The highest BCUT2D eigenvalue weighted by atomic mass is 32.2. The zero-order valence-electron chi connectivity index (χ0n) is 19.4. The van der Waals surface area contributed by atoms with Crippen molar-refractivity contribution < 1.29 is 26.4 Å². The maximum Gasteiger partial charge on any atom is 0.416 e. The summed E-state index contributed by atoms with van der Waals surface area (Å²) in [4.78, 5) is 29.8. The van der Waals surface area contributed by atoms with E-state index in [2.05, 4.69) is 10.3 Å². The van der Waals surface area contributed by atoms with Crippen LogP contribution < -0.4 is 10.9 Å². The average molecular weight is 528 g/mol. The minimum absolute atomic E-state index is 0.00864. The smallest absolute Gasteiger partial charge is 0.348 e. The molecule has 0 aliphatic rings. The molecule has 4 rings (SSSR count). The van der Waals surface area contributed by atoms with Crippen molar-refractivity contribution >= 4 is 15.7 Å². The second kappa shape index (κ2) is 10.0. The van der Waals surface area contributed by atoms with Crippen molar-refractivity contribution in [1.82, 2.24) is 14.9 Å². The predicted molar refractivity (Wildman–Crippen MR) is 129 cm³/mol. The fourth-order valence-corrected chi connectivity index (χ4v) is 4.91. The van der Waals surface area contributed by atoms with Crippen molar-refractivity contribution in [3.05, 3.63) is 118 Å². The Hall–Kier alpha value is -4.25. The third-order valence-electron chi connectivity index (χ3n) is 5.60. The van der Waals surface area contributed by atoms with Crippen LogP contribution in [0.2, 0.25) is 0 Å². The van der Waals surface area contributed by atoms with Gasteiger partial charge in [-0.15, -0.1) is 0 Å². The molecule has 190 valence electrons. The van der Waals surface area contributed by atoms with Gasteiger partial charge in [0.25, 0.3) is 11.5 Å². The van der Waals surface area contributed by atoms with E-state index in [0.29, 0.717) is 11.3 Å². The Kier molecular flexibility index (Phi) is 6.99. The number of hydrogen-bond acceptors (Lipinski definition) is 5. The SMILES string of the molecule is Cc1ccc(C(=O)NCc2ccc(S(=O)(=O)c3ccncc3)cc2)c(=O)n1-c1cccc(C(F)(F)F)c1. The minimum Gasteiger partial charge on any atom is -0.348 e. The molecule has 2 aromatic heterocycles. The first-order valence-electron chi connectivity index (χ1n) is 10.9. The molecular weight excluding hydrogens is 507 g/mol. The molecule has 1 N–H and O–H groups in total. The van der Waals surface area contributed by atoms with E-state index < -0.39 is 33.0 Å². The molecule has 0 aliphatic heterocycles. The van der Waals surface area contributed by atoms with E-state index in [-0.39, 0.29) is 27.6 Å². The Balaban J connectivity index is 1.53. The molecule has 2 aromatic carbocycles. The maximum absolute atomic E-state index is 13.1. The molecule has 11 heteroatoms. The van der Waals surface area contributed by atoms with Crippen LogP contribution in [-0.2, 0) is 22.6 Å². The van der Waals surface area contributed by atoms with Gasteiger partial charge in [-0.25, -0.2) is 8.42 Å². The number of halogens is 3. The molecule has 4 aromatic rings. The van der Waals surface area contributed by atoms with E-state index in [1.54, 1.807) is 6.92 Å². The van der Waals surface area contributed by atoms with Crippen molar-refractivity contribution in [3.8, 4) is 5.69 Å². The lowest BCUT2D eigenvalue weighted by Crippen LogP contribution is -2.33. The molecule has 0 saturated carbocycles. The van der Waals surface area contributed by atoms with Crippen molar-refractivity contribution in [3.63, 3.8) is 0 Å². The molecule has 37 heavy (non-hydrogen) atoms. The van der Waals surface area contributed by atoms with E-state index in [9.17, 15) is 31.2 Å². The number of aryl methyl sites for hydroxylation is 1. The molecule has 0 fully saturated rings. The molecule has 0 radical (unpaired) electrons. The first-order chi connectivity index (χ1) is 17.5. The van der Waals surface area contributed by atoms with Gasteiger partial charge in [-0.05, 0) is 67.1 Å². The molecule has 0 spiro atoms. The van der Waals surface area contributed by atoms with Gasteiger partial charge < -0.3 is 5.32 Å². The van der Waals surface area contributed by atoms with Crippen LogP contribution in [0.1, 0.15) is 27.2 Å². The molecular formula is C26H20F3N3O4S. The highest BCUT2D eigenvalue weighted by molar-refractivity contribution is 7.91. The quantitative estimate of drug-likeness (QED) is 0.403. The molecule has 2 heterocycles. The monoisotopic (exact) mass is 527 g/mol. The van der Waals surface area contributed by atoms with Gasteiger partial charge >= 0.3 is 6.18 Å². The second-order valence-corrected chi connectivity index (χ2v) is 10.0. The van der Waals surface area contributed by atoms with Gasteiger partial charge in [0.05, 0.1) is 15.4 Å². The normalized spacial score (nSPS) is 11.8. The molecule has 7 nitrogen and oxygen atoms in total. The van der Waals surface area contributed by atoms with Crippen molar-refractivity contribution in [2.24, 2.45) is 0 Å². The zero-order valence-corrected chi connectivity index (χ0v) is 20.2. The highest BCUT2D eigenvalue weighted by Crippen LogP contribution is 2.30. The van der Waals surface area contributed by atoms with Gasteiger partial charge in [0, 0.05) is 30.3 Å². The summed E-state index contributed by atoms with van der Waals surface area (Å²) in [6, 6.07) is 15.7. The Labute approximate surface area is 210 Å². The summed E-state index contributed by atoms with van der Waals surface area (Å²) in [6.45, 7) is 1.54. The maximum atomic E-state index is 13.1. The Morgan fingerprint density at radius 1 is 0.946 bits per heavy atom. The third kappa shape index (κ3) is 5.46. The number of amides is 1. The van der Waals surface area contributed by atoms with Crippen LogP contribution in [-0.4, -0.2) is 23.9 Å². The van der Waals surface area contributed by atoms with Crippen LogP contribution in [0.3, 0.4) is 0 Å². The van der Waals surface area contributed by atoms with Crippen molar-refractivity contribution in [1.29, 1.82) is 0 Å². The van der Waals surface area contributed by atoms with Gasteiger partial charge in [-0.3, -0.25) is 19.1 Å². The van der Waals surface area contributed by atoms with E-state index in [4.69, 9.17) is 0 Å². The summed E-state index contributed by atoms with van der Waals surface area (Å²) >= 11 is 0. The Bertz CT molecular complexity index is 1620. The van der Waals surface area contributed by atoms with E-state index in [1.165, 1.54) is 73.1 Å². The number of aromatic nitrogens is 2. The number of nitrogens with zero attached hydrogens (tertiary/aromatic N) is 2. The van der Waals surface area contributed by atoms with Gasteiger partial charge in [0.15, 0.2) is 0 Å². The summed E-state index contributed by atoms with van der Waals surface area (Å²) in [5.74, 6) is -0.723. The van der Waals surface area contributed by atoms with Gasteiger partial charge in [0.1, 0.15) is 5.56 Å². The number of rotatable bonds is 6. The van der Waals surface area contributed by atoms with Crippen LogP contribution in [0.15, 0.2) is 99.8 Å². The number of carbonyl (C=O) groups is 1. The molecule has 1 amide bonds. The summed E-state index contributed by atoms with van der Waals surface area (Å²) in [6.07, 6.45) is -1.83. The van der Waals surface area contributed by atoms with Gasteiger partial charge in [-0.2, -0.15) is 13.2 Å². The van der Waals surface area contributed by atoms with Crippen LogP contribution in [0, 0.1) is 6.92 Å². The summed E-state index contributed by atoms with van der Waals surface area (Å²) in [7, 11) is -3.73. The molecule has 0 bridgehead atoms. The average Bonchev–Trinajstić information content (AvgIpc) is 2.88. The van der Waals surface area contributed by atoms with Gasteiger partial charge in [-0.1, -0.05) is 18.2 Å². The van der Waals surface area contributed by atoms with Crippen LogP contribution in [0.4, 0.5) is 13.2 Å². The topological polar surface area (TPSA) is 98.1 Å². The standard InChI is InChI=1S/C26H20F3N3O4S/c1-17-5-10-23(25(34)32(17)20-4-2-3-19(15-20)26(27,28)29)24(33)31-16-18-6-8-21(9-7-18)37(35,36)22-11-13-30-14-12-22/h2-15H,16H2,1H3,(H,31,33). The number of pyridine rings is 2. The number of nitrogens with one attached hydrogen (secondary N) is 1. The largest absolute Gasteiger partial charge is 0.416 e. The summed E-state index contributed by atoms with van der Waals surface area (Å²) in [5, 5.41) is 2.59.